The zero-order valence-corrected chi connectivity index (χ0v) is 17.9. The number of esters is 1. The van der Waals surface area contributed by atoms with E-state index in [0.29, 0.717) is 35.8 Å². The number of hydrogen-bond acceptors (Lipinski definition) is 6. The fourth-order valence-corrected chi connectivity index (χ4v) is 4.20. The van der Waals surface area contributed by atoms with Gasteiger partial charge in [0.05, 0.1) is 32.3 Å². The topological polar surface area (TPSA) is 91.3 Å². The summed E-state index contributed by atoms with van der Waals surface area (Å²) in [6.45, 7) is 2.31. The predicted molar refractivity (Wildman–Crippen MR) is 113 cm³/mol. The SMILES string of the molecule is COc1ccc(-c2cccc3c2COC3=O)c(OCC2(CC(C)C(=O)O)CC2)c1OC. The van der Waals surface area contributed by atoms with Gasteiger partial charge in [-0.1, -0.05) is 19.1 Å². The number of ether oxygens (including phenoxy) is 4. The zero-order chi connectivity index (χ0) is 22.2. The fourth-order valence-electron chi connectivity index (χ4n) is 4.20. The summed E-state index contributed by atoms with van der Waals surface area (Å²) in [5, 5.41) is 9.30. The van der Waals surface area contributed by atoms with Gasteiger partial charge < -0.3 is 24.1 Å². The Hall–Kier alpha value is -3.22. The monoisotopic (exact) mass is 426 g/mol. The second-order valence-corrected chi connectivity index (χ2v) is 8.32. The van der Waals surface area contributed by atoms with Crippen molar-refractivity contribution >= 4 is 11.9 Å². The van der Waals surface area contributed by atoms with E-state index in [0.717, 1.165) is 29.5 Å². The highest BCUT2D eigenvalue weighted by Crippen LogP contribution is 2.53. The summed E-state index contributed by atoms with van der Waals surface area (Å²) in [6.07, 6.45) is 2.41. The van der Waals surface area contributed by atoms with Crippen molar-refractivity contribution in [1.29, 1.82) is 0 Å². The summed E-state index contributed by atoms with van der Waals surface area (Å²) in [4.78, 5) is 23.4. The van der Waals surface area contributed by atoms with Crippen LogP contribution in [0.4, 0.5) is 0 Å². The van der Waals surface area contributed by atoms with E-state index in [9.17, 15) is 14.7 Å². The van der Waals surface area contributed by atoms with Crippen molar-refractivity contribution in [1.82, 2.24) is 0 Å². The molecule has 4 rings (SSSR count). The molecule has 7 heteroatoms. The lowest BCUT2D eigenvalue weighted by Crippen LogP contribution is -2.21. The van der Waals surface area contributed by atoms with E-state index in [4.69, 9.17) is 18.9 Å². The highest BCUT2D eigenvalue weighted by atomic mass is 16.5. The summed E-state index contributed by atoms with van der Waals surface area (Å²) < 4.78 is 22.6. The molecule has 2 aromatic rings. The van der Waals surface area contributed by atoms with Gasteiger partial charge in [0.15, 0.2) is 11.5 Å². The number of carboxylic acids is 1. The molecular weight excluding hydrogens is 400 g/mol. The number of aliphatic carboxylic acids is 1. The van der Waals surface area contributed by atoms with Crippen LogP contribution in [-0.2, 0) is 16.1 Å². The molecule has 1 N–H and O–H groups in total. The van der Waals surface area contributed by atoms with Gasteiger partial charge in [-0.05, 0) is 43.0 Å². The molecule has 1 unspecified atom stereocenters. The molecule has 1 aliphatic heterocycles. The molecule has 0 aromatic heterocycles. The van der Waals surface area contributed by atoms with Crippen LogP contribution in [-0.4, -0.2) is 37.9 Å². The first-order valence-electron chi connectivity index (χ1n) is 10.3. The summed E-state index contributed by atoms with van der Waals surface area (Å²) in [7, 11) is 3.11. The summed E-state index contributed by atoms with van der Waals surface area (Å²) in [6, 6.07) is 9.18. The van der Waals surface area contributed by atoms with Crippen molar-refractivity contribution in [2.75, 3.05) is 20.8 Å². The van der Waals surface area contributed by atoms with E-state index >= 15 is 0 Å². The molecule has 0 amide bonds. The lowest BCUT2D eigenvalue weighted by molar-refractivity contribution is -0.141. The molecule has 31 heavy (non-hydrogen) atoms. The van der Waals surface area contributed by atoms with E-state index in [1.165, 1.54) is 0 Å². The summed E-state index contributed by atoms with van der Waals surface area (Å²) >= 11 is 0. The number of carbonyl (C=O) groups excluding carboxylic acids is 1. The molecule has 2 aliphatic rings. The minimum Gasteiger partial charge on any atom is -0.493 e. The number of hydrogen-bond donors (Lipinski definition) is 1. The Morgan fingerprint density at radius 1 is 1.10 bits per heavy atom. The van der Waals surface area contributed by atoms with Crippen molar-refractivity contribution in [3.63, 3.8) is 0 Å². The highest BCUT2D eigenvalue weighted by Gasteiger charge is 2.45. The van der Waals surface area contributed by atoms with Gasteiger partial charge in [0, 0.05) is 16.5 Å². The maximum absolute atomic E-state index is 12.0. The average Bonchev–Trinajstić information content (AvgIpc) is 3.43. The second kappa shape index (κ2) is 8.13. The first kappa shape index (κ1) is 21.0. The maximum Gasteiger partial charge on any atom is 0.338 e. The molecule has 0 spiro atoms. The lowest BCUT2D eigenvalue weighted by Gasteiger charge is -2.22. The van der Waals surface area contributed by atoms with Crippen LogP contribution >= 0.6 is 0 Å². The van der Waals surface area contributed by atoms with Crippen LogP contribution in [0.3, 0.4) is 0 Å². The second-order valence-electron chi connectivity index (χ2n) is 8.32. The number of carbonyl (C=O) groups is 2. The Morgan fingerprint density at radius 2 is 1.84 bits per heavy atom. The van der Waals surface area contributed by atoms with Crippen molar-refractivity contribution in [2.45, 2.75) is 32.8 Å². The standard InChI is InChI=1S/C24H26O7/c1-14(22(25)26)11-24(9-10-24)13-31-20-16(7-8-19(28-2)21(20)29-3)15-5-4-6-17-18(15)12-30-23(17)27/h4-8,14H,9-13H2,1-3H3,(H,25,26). The quantitative estimate of drug-likeness (QED) is 0.598. The van der Waals surface area contributed by atoms with Gasteiger partial charge in [-0.25, -0.2) is 4.79 Å². The van der Waals surface area contributed by atoms with Crippen molar-refractivity contribution in [2.24, 2.45) is 11.3 Å². The molecule has 0 saturated heterocycles. The molecular formula is C24H26O7. The third-order valence-corrected chi connectivity index (χ3v) is 6.17. The molecule has 1 saturated carbocycles. The van der Waals surface area contributed by atoms with Gasteiger partial charge in [0.25, 0.3) is 0 Å². The number of cyclic esters (lactones) is 1. The molecule has 7 nitrogen and oxygen atoms in total. The van der Waals surface area contributed by atoms with Gasteiger partial charge in [0.1, 0.15) is 6.61 Å². The molecule has 1 heterocycles. The molecule has 0 radical (unpaired) electrons. The molecule has 0 bridgehead atoms. The van der Waals surface area contributed by atoms with Crippen LogP contribution in [0.1, 0.15) is 42.1 Å². The Labute approximate surface area is 180 Å². The molecule has 164 valence electrons. The number of fused-ring (bicyclic) bond motifs is 1. The van der Waals surface area contributed by atoms with Crippen LogP contribution in [0.15, 0.2) is 30.3 Å². The molecule has 1 fully saturated rings. The van der Waals surface area contributed by atoms with E-state index in [-0.39, 0.29) is 18.0 Å². The molecule has 2 aromatic carbocycles. The first-order chi connectivity index (χ1) is 14.9. The Kier molecular flexibility index (Phi) is 5.52. The highest BCUT2D eigenvalue weighted by molar-refractivity contribution is 5.96. The van der Waals surface area contributed by atoms with Crippen LogP contribution in [0.25, 0.3) is 11.1 Å². The predicted octanol–water partition coefficient (Wildman–Crippen LogP) is 4.31. The largest absolute Gasteiger partial charge is 0.493 e. The number of benzene rings is 2. The van der Waals surface area contributed by atoms with Crippen LogP contribution in [0.2, 0.25) is 0 Å². The minimum atomic E-state index is -0.796. The fraction of sp³-hybridized carbons (Fsp3) is 0.417. The third-order valence-electron chi connectivity index (χ3n) is 6.17. The van der Waals surface area contributed by atoms with Crippen LogP contribution < -0.4 is 14.2 Å². The number of rotatable bonds is 9. The smallest absolute Gasteiger partial charge is 0.338 e. The number of methoxy groups -OCH3 is 2. The third kappa shape index (κ3) is 3.92. The van der Waals surface area contributed by atoms with Gasteiger partial charge in [-0.3, -0.25) is 4.79 Å². The van der Waals surface area contributed by atoms with Crippen molar-refractivity contribution in [3.05, 3.63) is 41.5 Å². The minimum absolute atomic E-state index is 0.152. The van der Waals surface area contributed by atoms with Crippen molar-refractivity contribution in [3.8, 4) is 28.4 Å². The summed E-state index contributed by atoms with van der Waals surface area (Å²) in [5.41, 5.74) is 2.82. The van der Waals surface area contributed by atoms with Crippen molar-refractivity contribution < 1.29 is 33.6 Å². The van der Waals surface area contributed by atoms with Crippen LogP contribution in [0, 0.1) is 11.3 Å². The summed E-state index contributed by atoms with van der Waals surface area (Å²) in [5.74, 6) is -0.0492. The average molecular weight is 426 g/mol. The molecule has 1 atom stereocenters. The maximum atomic E-state index is 12.0. The Bertz CT molecular complexity index is 1020. The van der Waals surface area contributed by atoms with Gasteiger partial charge in [0.2, 0.25) is 5.75 Å². The van der Waals surface area contributed by atoms with E-state index < -0.39 is 11.9 Å². The number of carboxylic acid groups (broad SMARTS) is 1. The molecule has 1 aliphatic carbocycles. The lowest BCUT2D eigenvalue weighted by atomic mass is 9.93. The van der Waals surface area contributed by atoms with Crippen LogP contribution in [0.5, 0.6) is 17.2 Å². The Morgan fingerprint density at radius 3 is 2.48 bits per heavy atom. The van der Waals surface area contributed by atoms with E-state index in [2.05, 4.69) is 0 Å². The normalized spacial score (nSPS) is 16.8. The van der Waals surface area contributed by atoms with Gasteiger partial charge in [-0.15, -0.1) is 0 Å². The Balaban J connectivity index is 1.72. The van der Waals surface area contributed by atoms with Gasteiger partial charge >= 0.3 is 11.9 Å². The first-order valence-corrected chi connectivity index (χ1v) is 10.3. The van der Waals surface area contributed by atoms with Gasteiger partial charge in [-0.2, -0.15) is 0 Å². The van der Waals surface area contributed by atoms with E-state index in [1.54, 1.807) is 33.3 Å². The van der Waals surface area contributed by atoms with E-state index in [1.807, 2.05) is 18.2 Å². The zero-order valence-electron chi connectivity index (χ0n) is 17.9.